The van der Waals surface area contributed by atoms with Gasteiger partial charge in [-0.3, -0.25) is 0 Å². The molecule has 0 amide bonds. The van der Waals surface area contributed by atoms with Gasteiger partial charge in [0.1, 0.15) is 12.0 Å². The van der Waals surface area contributed by atoms with Gasteiger partial charge in [0.25, 0.3) is 0 Å². The van der Waals surface area contributed by atoms with Crippen LogP contribution in [0, 0.1) is 0 Å². The molecule has 0 spiro atoms. The number of nitrogens with two attached hydrogens (primary N) is 1. The van der Waals surface area contributed by atoms with Gasteiger partial charge in [-0.25, -0.2) is 0 Å². The Labute approximate surface area is 91.4 Å². The third-order valence-corrected chi connectivity index (χ3v) is 3.32. The minimum atomic E-state index is -0.384. The Balaban J connectivity index is 2.16. The molecular weight excluding hydrogens is 246 g/mol. The first kappa shape index (κ1) is 10.2. The molecule has 0 saturated heterocycles. The molecule has 0 bridgehead atoms. The Hall–Kier alpha value is -0.320. The summed E-state index contributed by atoms with van der Waals surface area (Å²) in [7, 11) is 0. The molecule has 3 nitrogen and oxygen atoms in total. The molecule has 78 valence electrons. The maximum atomic E-state index is 9.40. The van der Waals surface area contributed by atoms with Crippen molar-refractivity contribution < 1.29 is 9.52 Å². The fraction of sp³-hybridized carbons (Fsp3) is 0.600. The van der Waals surface area contributed by atoms with Crippen molar-refractivity contribution in [1.29, 1.82) is 0 Å². The fourth-order valence-electron chi connectivity index (χ4n) is 1.94. The second kappa shape index (κ2) is 3.68. The summed E-state index contributed by atoms with van der Waals surface area (Å²) in [6, 6.07) is 1.91. The normalized spacial score (nSPS) is 33.2. The first-order valence-electron chi connectivity index (χ1n) is 4.82. The molecule has 0 unspecified atom stereocenters. The molecule has 0 atom stereocenters. The molecule has 1 saturated carbocycles. The van der Waals surface area contributed by atoms with E-state index in [1.165, 1.54) is 0 Å². The van der Waals surface area contributed by atoms with Crippen molar-refractivity contribution in [3.05, 3.63) is 22.6 Å². The van der Waals surface area contributed by atoms with Crippen molar-refractivity contribution in [3.8, 4) is 0 Å². The van der Waals surface area contributed by atoms with Crippen LogP contribution in [-0.4, -0.2) is 11.2 Å². The van der Waals surface area contributed by atoms with Gasteiger partial charge >= 0.3 is 0 Å². The van der Waals surface area contributed by atoms with Gasteiger partial charge in [0, 0.05) is 0 Å². The van der Waals surface area contributed by atoms with Gasteiger partial charge < -0.3 is 15.3 Å². The lowest BCUT2D eigenvalue weighted by Gasteiger charge is -2.33. The third kappa shape index (κ3) is 1.87. The second-order valence-corrected chi connectivity index (χ2v) is 4.93. The Morgan fingerprint density at radius 2 is 2.14 bits per heavy atom. The maximum absolute atomic E-state index is 9.40. The molecule has 0 aromatic carbocycles. The van der Waals surface area contributed by atoms with E-state index >= 15 is 0 Å². The average Bonchev–Trinajstić information content (AvgIpc) is 2.58. The van der Waals surface area contributed by atoms with Crippen molar-refractivity contribution in [1.82, 2.24) is 0 Å². The topological polar surface area (TPSA) is 59.4 Å². The summed E-state index contributed by atoms with van der Waals surface area (Å²) in [5.74, 6) is 0.816. The van der Waals surface area contributed by atoms with E-state index in [2.05, 4.69) is 15.9 Å². The van der Waals surface area contributed by atoms with E-state index in [1.807, 2.05) is 6.07 Å². The van der Waals surface area contributed by atoms with E-state index in [4.69, 9.17) is 10.2 Å². The Bertz CT molecular complexity index is 316. The van der Waals surface area contributed by atoms with E-state index in [-0.39, 0.29) is 11.6 Å². The van der Waals surface area contributed by atoms with Gasteiger partial charge in [0.2, 0.25) is 0 Å². The standard InChI is InChI=1S/C10H14BrNO2/c11-7-5-9(14-6-7)10(12)3-1-8(13)2-4-10/h5-6,8,13H,1-4,12H2. The minimum Gasteiger partial charge on any atom is -0.466 e. The lowest BCUT2D eigenvalue weighted by atomic mass is 9.79. The van der Waals surface area contributed by atoms with Gasteiger partial charge in [0.05, 0.1) is 16.1 Å². The molecular formula is C10H14BrNO2. The lowest BCUT2D eigenvalue weighted by Crippen LogP contribution is -2.41. The van der Waals surface area contributed by atoms with E-state index < -0.39 is 0 Å². The van der Waals surface area contributed by atoms with Crippen LogP contribution >= 0.6 is 15.9 Å². The summed E-state index contributed by atoms with van der Waals surface area (Å²) in [6.45, 7) is 0. The maximum Gasteiger partial charge on any atom is 0.124 e. The molecule has 0 aliphatic heterocycles. The zero-order valence-corrected chi connectivity index (χ0v) is 9.46. The second-order valence-electron chi connectivity index (χ2n) is 4.02. The Kier molecular flexibility index (Phi) is 2.68. The largest absolute Gasteiger partial charge is 0.466 e. The van der Waals surface area contributed by atoms with Crippen LogP contribution < -0.4 is 5.73 Å². The Morgan fingerprint density at radius 1 is 1.50 bits per heavy atom. The van der Waals surface area contributed by atoms with Crippen LogP contribution in [0.5, 0.6) is 0 Å². The summed E-state index contributed by atoms with van der Waals surface area (Å²) >= 11 is 3.34. The summed E-state index contributed by atoms with van der Waals surface area (Å²) < 4.78 is 6.31. The molecule has 4 heteroatoms. The number of aliphatic hydroxyl groups is 1. The van der Waals surface area contributed by atoms with E-state index in [0.29, 0.717) is 0 Å². The highest BCUT2D eigenvalue weighted by molar-refractivity contribution is 9.10. The highest BCUT2D eigenvalue weighted by Crippen LogP contribution is 2.36. The SMILES string of the molecule is NC1(c2cc(Br)co2)CCC(O)CC1. The predicted molar refractivity (Wildman–Crippen MR) is 56.7 cm³/mol. The van der Waals surface area contributed by atoms with Gasteiger partial charge in [-0.05, 0) is 47.7 Å². The van der Waals surface area contributed by atoms with Gasteiger partial charge in [-0.2, -0.15) is 0 Å². The molecule has 1 aliphatic rings. The van der Waals surface area contributed by atoms with Crippen molar-refractivity contribution in [3.63, 3.8) is 0 Å². The molecule has 0 radical (unpaired) electrons. The summed E-state index contributed by atoms with van der Waals surface area (Å²) in [5, 5.41) is 9.40. The third-order valence-electron chi connectivity index (χ3n) is 2.91. The smallest absolute Gasteiger partial charge is 0.124 e. The molecule has 3 N–H and O–H groups in total. The van der Waals surface area contributed by atoms with Gasteiger partial charge in [0.15, 0.2) is 0 Å². The number of aliphatic hydroxyl groups excluding tert-OH is 1. The summed E-state index contributed by atoms with van der Waals surface area (Å²) in [4.78, 5) is 0. The van der Waals surface area contributed by atoms with Crippen LogP contribution in [0.25, 0.3) is 0 Å². The molecule has 2 rings (SSSR count). The average molecular weight is 260 g/mol. The van der Waals surface area contributed by atoms with Crippen molar-refractivity contribution >= 4 is 15.9 Å². The van der Waals surface area contributed by atoms with Crippen molar-refractivity contribution in [2.75, 3.05) is 0 Å². The van der Waals surface area contributed by atoms with Gasteiger partial charge in [-0.1, -0.05) is 0 Å². The fourth-order valence-corrected chi connectivity index (χ4v) is 2.24. The zero-order chi connectivity index (χ0) is 10.2. The van der Waals surface area contributed by atoms with E-state index in [1.54, 1.807) is 6.26 Å². The van der Waals surface area contributed by atoms with E-state index in [0.717, 1.165) is 35.9 Å². The summed E-state index contributed by atoms with van der Waals surface area (Å²) in [6.07, 6.45) is 4.55. The summed E-state index contributed by atoms with van der Waals surface area (Å²) in [5.41, 5.74) is 5.85. The Morgan fingerprint density at radius 3 is 2.64 bits per heavy atom. The first-order valence-corrected chi connectivity index (χ1v) is 5.61. The first-order chi connectivity index (χ1) is 6.60. The molecule has 1 fully saturated rings. The van der Waals surface area contributed by atoms with Crippen molar-refractivity contribution in [2.45, 2.75) is 37.3 Å². The number of rotatable bonds is 1. The number of halogens is 1. The van der Waals surface area contributed by atoms with Crippen LogP contribution in [0.2, 0.25) is 0 Å². The molecule has 14 heavy (non-hydrogen) atoms. The highest BCUT2D eigenvalue weighted by atomic mass is 79.9. The minimum absolute atomic E-state index is 0.190. The van der Waals surface area contributed by atoms with E-state index in [9.17, 15) is 5.11 Å². The lowest BCUT2D eigenvalue weighted by molar-refractivity contribution is 0.0894. The molecule has 1 aromatic rings. The van der Waals surface area contributed by atoms with Crippen LogP contribution in [-0.2, 0) is 5.54 Å². The highest BCUT2D eigenvalue weighted by Gasteiger charge is 2.35. The quantitative estimate of drug-likeness (QED) is 0.813. The number of hydrogen-bond acceptors (Lipinski definition) is 3. The van der Waals surface area contributed by atoms with Crippen LogP contribution in [0.3, 0.4) is 0 Å². The monoisotopic (exact) mass is 259 g/mol. The van der Waals surface area contributed by atoms with Gasteiger partial charge in [-0.15, -0.1) is 0 Å². The van der Waals surface area contributed by atoms with Crippen LogP contribution in [0.15, 0.2) is 21.2 Å². The van der Waals surface area contributed by atoms with Crippen LogP contribution in [0.1, 0.15) is 31.4 Å². The number of furan rings is 1. The molecule has 1 aromatic heterocycles. The zero-order valence-electron chi connectivity index (χ0n) is 7.87. The molecule has 1 heterocycles. The predicted octanol–water partition coefficient (Wildman–Crippen LogP) is 2.13. The van der Waals surface area contributed by atoms with Crippen LogP contribution in [0.4, 0.5) is 0 Å². The number of hydrogen-bond donors (Lipinski definition) is 2. The van der Waals surface area contributed by atoms with Crippen molar-refractivity contribution in [2.24, 2.45) is 5.73 Å². The molecule has 1 aliphatic carbocycles.